The van der Waals surface area contributed by atoms with Crippen LogP contribution < -0.4 is 4.90 Å². The van der Waals surface area contributed by atoms with Gasteiger partial charge in [0.05, 0.1) is 0 Å². The summed E-state index contributed by atoms with van der Waals surface area (Å²) >= 11 is 0. The van der Waals surface area contributed by atoms with Crippen molar-refractivity contribution < 1.29 is 0 Å². The number of hydrogen-bond acceptors (Lipinski definition) is 1. The van der Waals surface area contributed by atoms with Crippen molar-refractivity contribution in [1.82, 2.24) is 0 Å². The zero-order valence-corrected chi connectivity index (χ0v) is 27.1. The minimum Gasteiger partial charge on any atom is -0.311 e. The Bertz CT molecular complexity index is 1860. The van der Waals surface area contributed by atoms with Gasteiger partial charge in [0.2, 0.25) is 0 Å². The second-order valence-corrected chi connectivity index (χ2v) is 12.6. The number of rotatable bonds is 9. The first-order valence-electron chi connectivity index (χ1n) is 17.1. The van der Waals surface area contributed by atoms with Crippen LogP contribution in [0.15, 0.2) is 151 Å². The Labute approximate surface area is 275 Å². The molecule has 0 saturated carbocycles. The fourth-order valence-corrected chi connectivity index (χ4v) is 7.47. The molecule has 5 aromatic rings. The minimum atomic E-state index is 0.603. The monoisotopic (exact) mass is 597 g/mol. The molecule has 2 atom stereocenters. The van der Waals surface area contributed by atoms with E-state index >= 15 is 0 Å². The highest BCUT2D eigenvalue weighted by Gasteiger charge is 2.34. The van der Waals surface area contributed by atoms with E-state index in [1.807, 2.05) is 0 Å². The predicted molar refractivity (Wildman–Crippen MR) is 198 cm³/mol. The Morgan fingerprint density at radius 2 is 1.20 bits per heavy atom. The first kappa shape index (κ1) is 29.8. The van der Waals surface area contributed by atoms with Gasteiger partial charge in [-0.1, -0.05) is 142 Å². The fraction of sp³-hybridized carbons (Fsp3) is 0.200. The molecule has 0 amide bonds. The summed E-state index contributed by atoms with van der Waals surface area (Å²) in [7, 11) is 0. The van der Waals surface area contributed by atoms with E-state index in [9.17, 15) is 0 Å². The molecule has 5 aromatic carbocycles. The van der Waals surface area contributed by atoms with Gasteiger partial charge in [-0.2, -0.15) is 0 Å². The van der Waals surface area contributed by atoms with Crippen molar-refractivity contribution in [2.75, 3.05) is 4.90 Å². The highest BCUT2D eigenvalue weighted by Crippen LogP contribution is 2.50. The van der Waals surface area contributed by atoms with Crippen LogP contribution in [0.2, 0.25) is 0 Å². The molecule has 1 heteroatoms. The summed E-state index contributed by atoms with van der Waals surface area (Å²) in [5, 5.41) is 0. The predicted octanol–water partition coefficient (Wildman–Crippen LogP) is 12.9. The molecule has 2 unspecified atom stereocenters. The van der Waals surface area contributed by atoms with Crippen molar-refractivity contribution in [3.63, 3.8) is 0 Å². The van der Waals surface area contributed by atoms with Crippen molar-refractivity contribution in [2.24, 2.45) is 5.92 Å². The van der Waals surface area contributed by atoms with Gasteiger partial charge in [0, 0.05) is 17.1 Å². The summed E-state index contributed by atoms with van der Waals surface area (Å²) in [4.78, 5) is 2.37. The number of fused-ring (bicyclic) bond motifs is 1. The maximum atomic E-state index is 2.45. The van der Waals surface area contributed by atoms with Crippen LogP contribution in [0.3, 0.4) is 0 Å². The van der Waals surface area contributed by atoms with Crippen molar-refractivity contribution in [3.8, 4) is 22.3 Å². The SMILES string of the molecule is CCCC1/C(=C\c2ccc(-c3ccc(N(C4=CCCC=C4)c4ccc(-c5ccccc5)cc4)cc3)cc2)c2ccccc2C1CC. The summed E-state index contributed by atoms with van der Waals surface area (Å²) < 4.78 is 0. The van der Waals surface area contributed by atoms with Crippen LogP contribution in [0, 0.1) is 5.92 Å². The minimum absolute atomic E-state index is 0.603. The van der Waals surface area contributed by atoms with Gasteiger partial charge in [0.25, 0.3) is 0 Å². The van der Waals surface area contributed by atoms with Gasteiger partial charge < -0.3 is 4.90 Å². The third-order valence-corrected chi connectivity index (χ3v) is 9.75. The average molecular weight is 598 g/mol. The van der Waals surface area contributed by atoms with Gasteiger partial charge in [0.1, 0.15) is 0 Å². The zero-order valence-electron chi connectivity index (χ0n) is 27.1. The molecule has 0 spiro atoms. The highest BCUT2D eigenvalue weighted by atomic mass is 15.1. The molecular weight excluding hydrogens is 555 g/mol. The van der Waals surface area contributed by atoms with Gasteiger partial charge in [-0.05, 0) is 112 Å². The third-order valence-electron chi connectivity index (χ3n) is 9.75. The van der Waals surface area contributed by atoms with Crippen molar-refractivity contribution in [1.29, 1.82) is 0 Å². The van der Waals surface area contributed by atoms with Crippen molar-refractivity contribution >= 4 is 23.0 Å². The Balaban J connectivity index is 1.15. The van der Waals surface area contributed by atoms with Gasteiger partial charge in [0.15, 0.2) is 0 Å². The normalized spacial score (nSPS) is 18.0. The molecule has 46 heavy (non-hydrogen) atoms. The zero-order chi connectivity index (χ0) is 31.3. The molecule has 0 heterocycles. The van der Waals surface area contributed by atoms with E-state index in [4.69, 9.17) is 0 Å². The van der Waals surface area contributed by atoms with Crippen LogP contribution in [0.4, 0.5) is 11.4 Å². The van der Waals surface area contributed by atoms with E-state index in [0.717, 1.165) is 12.8 Å². The third kappa shape index (κ3) is 6.03. The number of hydrogen-bond donors (Lipinski definition) is 0. The first-order chi connectivity index (χ1) is 22.7. The topological polar surface area (TPSA) is 3.24 Å². The summed E-state index contributed by atoms with van der Waals surface area (Å²) in [6.07, 6.45) is 15.1. The second-order valence-electron chi connectivity index (χ2n) is 12.6. The van der Waals surface area contributed by atoms with Crippen LogP contribution >= 0.6 is 0 Å². The van der Waals surface area contributed by atoms with Gasteiger partial charge in [-0.15, -0.1) is 0 Å². The highest BCUT2D eigenvalue weighted by molar-refractivity contribution is 5.88. The molecule has 7 rings (SSSR count). The van der Waals surface area contributed by atoms with Crippen molar-refractivity contribution in [3.05, 3.63) is 168 Å². The van der Waals surface area contributed by atoms with Crippen LogP contribution in [0.25, 0.3) is 33.9 Å². The summed E-state index contributed by atoms with van der Waals surface area (Å²) in [6, 6.07) is 46.8. The standard InChI is InChI=1S/C45H43N/c1-3-13-42-41(4-2)43-18-11-12-19-44(43)45(42)32-33-20-22-35(23-21-33)37-26-30-40(31-27-37)46(38-16-9-6-10-17-38)39-28-24-36(25-29-39)34-14-7-5-8-15-34/h5,7-9,11-12,14-32,41-42H,3-4,6,10,13H2,1-2H3/b45-32+. The van der Waals surface area contributed by atoms with E-state index in [2.05, 4.69) is 170 Å². The summed E-state index contributed by atoms with van der Waals surface area (Å²) in [5.41, 5.74) is 14.3. The maximum Gasteiger partial charge on any atom is 0.0461 e. The van der Waals surface area contributed by atoms with E-state index < -0.39 is 0 Å². The number of nitrogens with zero attached hydrogens (tertiary/aromatic N) is 1. The lowest BCUT2D eigenvalue weighted by molar-refractivity contribution is 0.490. The van der Waals surface area contributed by atoms with Crippen molar-refractivity contribution in [2.45, 2.75) is 51.9 Å². The Kier molecular flexibility index (Phi) is 8.83. The molecular formula is C45H43N. The molecule has 0 radical (unpaired) electrons. The fourth-order valence-electron chi connectivity index (χ4n) is 7.47. The Morgan fingerprint density at radius 1 is 0.609 bits per heavy atom. The first-order valence-corrected chi connectivity index (χ1v) is 17.1. The number of anilines is 2. The largest absolute Gasteiger partial charge is 0.311 e. The molecule has 0 bridgehead atoms. The van der Waals surface area contributed by atoms with Crippen LogP contribution in [0.5, 0.6) is 0 Å². The molecule has 228 valence electrons. The van der Waals surface area contributed by atoms with Crippen LogP contribution in [0.1, 0.15) is 68.6 Å². The van der Waals surface area contributed by atoms with E-state index in [1.165, 1.54) is 80.9 Å². The molecule has 0 N–H and O–H groups in total. The van der Waals surface area contributed by atoms with E-state index in [-0.39, 0.29) is 0 Å². The molecule has 0 aromatic heterocycles. The Hall–Kier alpha value is -4.88. The van der Waals surface area contributed by atoms with Gasteiger partial charge in [-0.3, -0.25) is 0 Å². The van der Waals surface area contributed by atoms with Crippen LogP contribution in [-0.4, -0.2) is 0 Å². The Morgan fingerprint density at radius 3 is 1.78 bits per heavy atom. The maximum absolute atomic E-state index is 2.45. The molecule has 0 aliphatic heterocycles. The van der Waals surface area contributed by atoms with Gasteiger partial charge >= 0.3 is 0 Å². The molecule has 2 aliphatic rings. The van der Waals surface area contributed by atoms with Gasteiger partial charge in [-0.25, -0.2) is 0 Å². The lowest BCUT2D eigenvalue weighted by atomic mass is 9.84. The average Bonchev–Trinajstić information content (AvgIpc) is 3.42. The molecule has 0 saturated heterocycles. The number of allylic oxidation sites excluding steroid dienone is 4. The smallest absolute Gasteiger partial charge is 0.0461 e. The lowest BCUT2D eigenvalue weighted by Gasteiger charge is -2.28. The second kappa shape index (κ2) is 13.6. The molecule has 0 fully saturated rings. The van der Waals surface area contributed by atoms with E-state index in [1.54, 1.807) is 0 Å². The summed E-state index contributed by atoms with van der Waals surface area (Å²) in [6.45, 7) is 4.66. The lowest BCUT2D eigenvalue weighted by Crippen LogP contribution is -2.16. The summed E-state index contributed by atoms with van der Waals surface area (Å²) in [5.74, 6) is 1.23. The molecule has 2 aliphatic carbocycles. The quantitative estimate of drug-likeness (QED) is 0.163. The van der Waals surface area contributed by atoms with Crippen LogP contribution in [-0.2, 0) is 0 Å². The number of benzene rings is 5. The van der Waals surface area contributed by atoms with E-state index in [0.29, 0.717) is 11.8 Å². The molecule has 1 nitrogen and oxygen atoms in total.